The molecule has 5 rings (SSSR count). The maximum Gasteiger partial charge on any atom is 0.308 e. The van der Waals surface area contributed by atoms with Crippen molar-refractivity contribution in [3.8, 4) is 0 Å². The smallest absolute Gasteiger partial charge is 0.308 e. The molecule has 0 amide bonds. The summed E-state index contributed by atoms with van der Waals surface area (Å²) in [4.78, 5) is 34.3. The van der Waals surface area contributed by atoms with Crippen LogP contribution in [0.15, 0.2) is 0 Å². The summed E-state index contributed by atoms with van der Waals surface area (Å²) in [5.74, 6) is -0.420. The van der Waals surface area contributed by atoms with Crippen molar-refractivity contribution in [2.45, 2.75) is 139 Å². The van der Waals surface area contributed by atoms with Crippen LogP contribution < -0.4 is 0 Å². The molecule has 4 aliphatic heterocycles. The molecule has 2 bridgehead atoms. The lowest BCUT2D eigenvalue weighted by Gasteiger charge is -2.59. The first kappa shape index (κ1) is 33.0. The SMILES string of the molecule is CC.CC.CC.CC.CC1CCC2[C@@H](C)C(OC(=O)CCC=O)O[C@@H]3OC4(C)CCC1C23OO4. The zero-order valence-corrected chi connectivity index (χ0v) is 23.6. The highest BCUT2D eigenvalue weighted by molar-refractivity contribution is 5.72. The van der Waals surface area contributed by atoms with E-state index in [1.165, 1.54) is 0 Å². The van der Waals surface area contributed by atoms with Gasteiger partial charge in [-0.2, -0.15) is 0 Å². The highest BCUT2D eigenvalue weighted by Crippen LogP contribution is 2.60. The molecule has 7 nitrogen and oxygen atoms in total. The van der Waals surface area contributed by atoms with Crippen LogP contribution in [0, 0.1) is 23.7 Å². The first-order valence-corrected chi connectivity index (χ1v) is 13.7. The molecule has 0 aromatic carbocycles. The maximum absolute atomic E-state index is 12.0. The lowest BCUT2D eigenvalue weighted by molar-refractivity contribution is -0.576. The Hall–Kier alpha value is -1.02. The van der Waals surface area contributed by atoms with Gasteiger partial charge in [0.2, 0.25) is 12.1 Å². The normalized spacial score (nSPS) is 38.8. The van der Waals surface area contributed by atoms with Gasteiger partial charge in [-0.05, 0) is 38.0 Å². The third kappa shape index (κ3) is 6.80. The second-order valence-corrected chi connectivity index (χ2v) is 8.47. The fourth-order valence-electron chi connectivity index (χ4n) is 5.37. The average Bonchev–Trinajstić information content (AvgIpc) is 3.12. The van der Waals surface area contributed by atoms with Gasteiger partial charge in [-0.15, -0.1) is 0 Å². The summed E-state index contributed by atoms with van der Waals surface area (Å²) in [5.41, 5.74) is -0.654. The Labute approximate surface area is 208 Å². The molecule has 1 aliphatic carbocycles. The molecule has 0 radical (unpaired) electrons. The molecule has 0 N–H and O–H groups in total. The van der Waals surface area contributed by atoms with Gasteiger partial charge in [0.15, 0.2) is 11.9 Å². The number of fused-ring (bicyclic) bond motifs is 2. The third-order valence-electron chi connectivity index (χ3n) is 6.81. The second kappa shape index (κ2) is 15.9. The molecule has 4 heterocycles. The first-order chi connectivity index (χ1) is 16.4. The number of carbonyl (C=O) groups excluding carboxylic acids is 2. The Morgan fingerprint density at radius 1 is 0.941 bits per heavy atom. The van der Waals surface area contributed by atoms with Gasteiger partial charge in [-0.1, -0.05) is 69.2 Å². The maximum atomic E-state index is 12.0. The molecule has 202 valence electrons. The fraction of sp³-hybridized carbons (Fsp3) is 0.926. The van der Waals surface area contributed by atoms with Crippen LogP contribution in [0.3, 0.4) is 0 Å². The summed E-state index contributed by atoms with van der Waals surface area (Å²) in [5, 5.41) is 0. The molecule has 5 aliphatic rings. The molecule has 1 spiro atoms. The number of hydrogen-bond acceptors (Lipinski definition) is 7. The van der Waals surface area contributed by atoms with Crippen molar-refractivity contribution in [1.82, 2.24) is 0 Å². The van der Waals surface area contributed by atoms with Gasteiger partial charge >= 0.3 is 5.97 Å². The van der Waals surface area contributed by atoms with Crippen molar-refractivity contribution in [1.29, 1.82) is 0 Å². The number of rotatable bonds is 4. The van der Waals surface area contributed by atoms with Crippen LogP contribution in [0.1, 0.15) is 115 Å². The minimum Gasteiger partial charge on any atom is -0.435 e. The molecule has 34 heavy (non-hydrogen) atoms. The number of carbonyl (C=O) groups is 2. The van der Waals surface area contributed by atoms with Crippen LogP contribution in [0.2, 0.25) is 0 Å². The number of esters is 1. The van der Waals surface area contributed by atoms with E-state index in [-0.39, 0.29) is 30.6 Å². The molecular formula is C27H52O7. The molecule has 1 saturated carbocycles. The Bertz CT molecular complexity index is 583. The third-order valence-corrected chi connectivity index (χ3v) is 6.81. The van der Waals surface area contributed by atoms with E-state index >= 15 is 0 Å². The van der Waals surface area contributed by atoms with Crippen molar-refractivity contribution in [2.24, 2.45) is 23.7 Å². The van der Waals surface area contributed by atoms with Crippen molar-refractivity contribution in [3.05, 3.63) is 0 Å². The van der Waals surface area contributed by atoms with Gasteiger partial charge in [0.25, 0.3) is 0 Å². The fourth-order valence-corrected chi connectivity index (χ4v) is 5.37. The minimum absolute atomic E-state index is 0.0453. The lowest BCUT2D eigenvalue weighted by atomic mass is 9.58. The van der Waals surface area contributed by atoms with Crippen LogP contribution in [0.25, 0.3) is 0 Å². The highest BCUT2D eigenvalue weighted by atomic mass is 17.3. The quantitative estimate of drug-likeness (QED) is 0.244. The predicted molar refractivity (Wildman–Crippen MR) is 134 cm³/mol. The predicted octanol–water partition coefficient (Wildman–Crippen LogP) is 6.82. The molecule has 4 saturated heterocycles. The standard InChI is InChI=1S/C19H28O7.4C2H6/c1-11-6-7-14-12(2)16(22-15(21)5-4-10-20)23-17-19(14)13(11)8-9-18(3,24-17)25-26-19;4*1-2/h10-14,16-17H,4-9H2,1-3H3;4*1-2H3/t11?,12-,13?,14?,16?,17-,18?,19?;;;;/m1..../s1. The van der Waals surface area contributed by atoms with Crippen LogP contribution >= 0.6 is 0 Å². The zero-order chi connectivity index (χ0) is 26.5. The van der Waals surface area contributed by atoms with Crippen molar-refractivity contribution < 1.29 is 33.6 Å². The largest absolute Gasteiger partial charge is 0.435 e. The minimum atomic E-state index is -0.843. The van der Waals surface area contributed by atoms with Crippen molar-refractivity contribution in [2.75, 3.05) is 0 Å². The van der Waals surface area contributed by atoms with Gasteiger partial charge in [0.1, 0.15) is 6.29 Å². The molecule has 0 aromatic rings. The molecular weight excluding hydrogens is 436 g/mol. The van der Waals surface area contributed by atoms with Gasteiger partial charge in [0, 0.05) is 24.7 Å². The van der Waals surface area contributed by atoms with Gasteiger partial charge < -0.3 is 19.0 Å². The van der Waals surface area contributed by atoms with E-state index in [2.05, 4.69) is 6.92 Å². The van der Waals surface area contributed by atoms with Crippen molar-refractivity contribution in [3.63, 3.8) is 0 Å². The summed E-state index contributed by atoms with van der Waals surface area (Å²) < 4.78 is 17.9. The Balaban J connectivity index is 0.00000124. The van der Waals surface area contributed by atoms with E-state index in [0.717, 1.165) is 25.7 Å². The lowest BCUT2D eigenvalue weighted by Crippen LogP contribution is -2.70. The Kier molecular flexibility index (Phi) is 15.4. The topological polar surface area (TPSA) is 80.3 Å². The van der Waals surface area contributed by atoms with Crippen LogP contribution in [-0.2, 0) is 33.6 Å². The van der Waals surface area contributed by atoms with Crippen molar-refractivity contribution >= 4 is 12.3 Å². The van der Waals surface area contributed by atoms with E-state index in [0.29, 0.717) is 12.2 Å². The van der Waals surface area contributed by atoms with E-state index in [9.17, 15) is 9.59 Å². The number of aldehydes is 1. The van der Waals surface area contributed by atoms with Gasteiger partial charge in [-0.25, -0.2) is 9.78 Å². The van der Waals surface area contributed by atoms with E-state index in [1.807, 2.05) is 69.2 Å². The highest BCUT2D eigenvalue weighted by Gasteiger charge is 2.69. The summed E-state index contributed by atoms with van der Waals surface area (Å²) in [6.45, 7) is 22.2. The molecule has 0 aromatic heterocycles. The summed E-state index contributed by atoms with van der Waals surface area (Å²) in [7, 11) is 0. The second-order valence-electron chi connectivity index (χ2n) is 8.47. The Morgan fingerprint density at radius 2 is 1.56 bits per heavy atom. The number of ether oxygens (including phenoxy) is 3. The van der Waals surface area contributed by atoms with Crippen LogP contribution in [0.4, 0.5) is 0 Å². The summed E-state index contributed by atoms with van der Waals surface area (Å²) in [6, 6.07) is 0. The van der Waals surface area contributed by atoms with Gasteiger partial charge in [-0.3, -0.25) is 4.79 Å². The van der Waals surface area contributed by atoms with Crippen LogP contribution in [0.5, 0.6) is 0 Å². The summed E-state index contributed by atoms with van der Waals surface area (Å²) in [6.07, 6.45) is 3.37. The zero-order valence-electron chi connectivity index (χ0n) is 23.6. The summed E-state index contributed by atoms with van der Waals surface area (Å²) >= 11 is 0. The number of hydrogen-bond donors (Lipinski definition) is 0. The van der Waals surface area contributed by atoms with Gasteiger partial charge in [0.05, 0.1) is 6.42 Å². The van der Waals surface area contributed by atoms with E-state index in [1.54, 1.807) is 0 Å². The monoisotopic (exact) mass is 488 g/mol. The average molecular weight is 489 g/mol. The molecule has 6 unspecified atom stereocenters. The molecule has 5 fully saturated rings. The first-order valence-electron chi connectivity index (χ1n) is 13.7. The molecule has 8 atom stereocenters. The Morgan fingerprint density at radius 3 is 2.15 bits per heavy atom. The molecule has 7 heteroatoms. The van der Waals surface area contributed by atoms with E-state index in [4.69, 9.17) is 24.0 Å². The van der Waals surface area contributed by atoms with Crippen LogP contribution in [-0.4, -0.2) is 36.2 Å². The van der Waals surface area contributed by atoms with E-state index < -0.39 is 29.9 Å².